The first-order chi connectivity index (χ1) is 30.7. The first-order valence-corrected chi connectivity index (χ1v) is 21.3. The number of rotatable bonds is 4. The summed E-state index contributed by atoms with van der Waals surface area (Å²) in [5.74, 6) is 0. The van der Waals surface area contributed by atoms with Gasteiger partial charge in [-0.15, -0.1) is 0 Å². The summed E-state index contributed by atoms with van der Waals surface area (Å²) in [6.07, 6.45) is 0. The summed E-state index contributed by atoms with van der Waals surface area (Å²) in [4.78, 5) is 2.41. The van der Waals surface area contributed by atoms with Crippen LogP contribution in [0.15, 0.2) is 221 Å². The molecule has 0 bridgehead atoms. The maximum atomic E-state index is 7.14. The molecule has 0 amide bonds. The number of anilines is 3. The van der Waals surface area contributed by atoms with Gasteiger partial charge in [0.25, 0.3) is 0 Å². The molecule has 0 saturated heterocycles. The molecule has 2 heterocycles. The molecule has 10 aromatic carbocycles. The molecule has 0 aliphatic heterocycles. The average Bonchev–Trinajstić information content (AvgIpc) is 4.07. The van der Waals surface area contributed by atoms with Crippen molar-refractivity contribution < 1.29 is 8.83 Å². The molecule has 0 saturated carbocycles. The highest BCUT2D eigenvalue weighted by Crippen LogP contribution is 2.63. The van der Waals surface area contributed by atoms with Crippen molar-refractivity contribution in [3.05, 3.63) is 235 Å². The zero-order valence-electron chi connectivity index (χ0n) is 33.5. The predicted octanol–water partition coefficient (Wildman–Crippen LogP) is 16.1. The number of benzene rings is 10. The van der Waals surface area contributed by atoms with Gasteiger partial charge in [-0.05, 0) is 127 Å². The maximum Gasteiger partial charge on any atom is 0.159 e. The van der Waals surface area contributed by atoms with Crippen molar-refractivity contribution in [2.24, 2.45) is 0 Å². The Hall–Kier alpha value is -8.14. The molecule has 0 atom stereocenters. The zero-order chi connectivity index (χ0) is 40.5. The van der Waals surface area contributed by atoms with E-state index in [-0.39, 0.29) is 0 Å². The first kappa shape index (κ1) is 33.7. The van der Waals surface area contributed by atoms with Gasteiger partial charge in [0.1, 0.15) is 16.7 Å². The number of hydrogen-bond donors (Lipinski definition) is 0. The zero-order valence-corrected chi connectivity index (χ0v) is 33.5. The molecule has 0 N–H and O–H groups in total. The van der Waals surface area contributed by atoms with Gasteiger partial charge in [0.2, 0.25) is 0 Å². The van der Waals surface area contributed by atoms with Crippen LogP contribution in [0.1, 0.15) is 22.3 Å². The quantitative estimate of drug-likeness (QED) is 0.178. The van der Waals surface area contributed by atoms with Gasteiger partial charge in [-0.25, -0.2) is 0 Å². The van der Waals surface area contributed by atoms with Gasteiger partial charge < -0.3 is 13.7 Å². The Bertz CT molecular complexity index is 3770. The van der Waals surface area contributed by atoms with Gasteiger partial charge in [-0.1, -0.05) is 152 Å². The van der Waals surface area contributed by atoms with Crippen LogP contribution in [0.3, 0.4) is 0 Å². The fourth-order valence-electron chi connectivity index (χ4n) is 11.1. The first-order valence-electron chi connectivity index (χ1n) is 21.3. The summed E-state index contributed by atoms with van der Waals surface area (Å²) in [6.45, 7) is 0. The van der Waals surface area contributed by atoms with Crippen molar-refractivity contribution in [2.45, 2.75) is 5.41 Å². The molecule has 3 nitrogen and oxygen atoms in total. The lowest BCUT2D eigenvalue weighted by atomic mass is 9.70. The third-order valence-corrected chi connectivity index (χ3v) is 13.6. The van der Waals surface area contributed by atoms with E-state index in [1.807, 2.05) is 18.2 Å². The van der Waals surface area contributed by atoms with E-state index in [1.54, 1.807) is 0 Å². The van der Waals surface area contributed by atoms with Crippen LogP contribution >= 0.6 is 0 Å². The van der Waals surface area contributed by atoms with Gasteiger partial charge in [0.05, 0.1) is 11.1 Å². The highest BCUT2D eigenvalue weighted by Gasteiger charge is 2.51. The Balaban J connectivity index is 1.09. The van der Waals surface area contributed by atoms with Crippen LogP contribution in [0, 0.1) is 0 Å². The second kappa shape index (κ2) is 12.4. The minimum Gasteiger partial charge on any atom is -0.456 e. The molecular formula is C59H35NO2. The van der Waals surface area contributed by atoms with Gasteiger partial charge in [0.15, 0.2) is 5.58 Å². The smallest absolute Gasteiger partial charge is 0.159 e. The van der Waals surface area contributed by atoms with Crippen LogP contribution < -0.4 is 4.90 Å². The molecule has 12 aromatic rings. The fraction of sp³-hybridized carbons (Fsp3) is 0.0169. The molecule has 62 heavy (non-hydrogen) atoms. The third-order valence-electron chi connectivity index (χ3n) is 13.6. The van der Waals surface area contributed by atoms with Crippen LogP contribution in [0.25, 0.3) is 88.0 Å². The largest absolute Gasteiger partial charge is 0.456 e. The van der Waals surface area contributed by atoms with Crippen LogP contribution in [-0.2, 0) is 5.41 Å². The number of fused-ring (bicyclic) bond motifs is 18. The molecular weight excluding hydrogens is 755 g/mol. The summed E-state index contributed by atoms with van der Waals surface area (Å²) < 4.78 is 13.6. The summed E-state index contributed by atoms with van der Waals surface area (Å²) in [5, 5.41) is 6.66. The van der Waals surface area contributed by atoms with E-state index < -0.39 is 5.41 Å². The minimum atomic E-state index is -0.479. The Morgan fingerprint density at radius 2 is 0.935 bits per heavy atom. The van der Waals surface area contributed by atoms with E-state index in [9.17, 15) is 0 Å². The molecule has 2 aliphatic rings. The normalized spacial score (nSPS) is 13.3. The van der Waals surface area contributed by atoms with E-state index in [1.165, 1.54) is 55.3 Å². The molecule has 0 fully saturated rings. The van der Waals surface area contributed by atoms with Crippen molar-refractivity contribution in [1.82, 2.24) is 0 Å². The molecule has 0 unspecified atom stereocenters. The summed E-state index contributed by atoms with van der Waals surface area (Å²) >= 11 is 0. The molecule has 14 rings (SSSR count). The highest BCUT2D eigenvalue weighted by atomic mass is 16.3. The SMILES string of the molecule is c1ccc(N(c2ccc3c(c2)C2(c4ccccc4-c4ccccc42)c2ccccc2-3)c2cc(-c3ccc4ccccc4c3)cc3c2oc2ccc4oc5ccccc5c4c23)cc1. The van der Waals surface area contributed by atoms with E-state index in [0.29, 0.717) is 0 Å². The number of furan rings is 2. The lowest BCUT2D eigenvalue weighted by Crippen LogP contribution is -2.26. The van der Waals surface area contributed by atoms with Gasteiger partial charge in [-0.3, -0.25) is 0 Å². The van der Waals surface area contributed by atoms with Crippen LogP contribution in [-0.4, -0.2) is 0 Å². The van der Waals surface area contributed by atoms with Crippen molar-refractivity contribution >= 4 is 71.7 Å². The summed E-state index contributed by atoms with van der Waals surface area (Å²) in [7, 11) is 0. The maximum absolute atomic E-state index is 7.14. The highest BCUT2D eigenvalue weighted by molar-refractivity contribution is 6.27. The van der Waals surface area contributed by atoms with Gasteiger partial charge >= 0.3 is 0 Å². The van der Waals surface area contributed by atoms with E-state index in [2.05, 4.69) is 199 Å². The Morgan fingerprint density at radius 1 is 0.339 bits per heavy atom. The fourth-order valence-corrected chi connectivity index (χ4v) is 11.1. The lowest BCUT2D eigenvalue weighted by molar-refractivity contribution is 0.663. The van der Waals surface area contributed by atoms with Crippen LogP contribution in [0.5, 0.6) is 0 Å². The molecule has 288 valence electrons. The van der Waals surface area contributed by atoms with Gasteiger partial charge in [0, 0.05) is 32.9 Å². The topological polar surface area (TPSA) is 29.5 Å². The average molecular weight is 790 g/mol. The van der Waals surface area contributed by atoms with Crippen molar-refractivity contribution in [3.63, 3.8) is 0 Å². The number of hydrogen-bond acceptors (Lipinski definition) is 3. The molecule has 0 radical (unpaired) electrons. The second-order valence-corrected chi connectivity index (χ2v) is 16.7. The van der Waals surface area contributed by atoms with E-state index in [4.69, 9.17) is 8.83 Å². The van der Waals surface area contributed by atoms with Crippen LogP contribution in [0.4, 0.5) is 17.1 Å². The molecule has 3 heteroatoms. The second-order valence-electron chi connectivity index (χ2n) is 16.7. The van der Waals surface area contributed by atoms with Crippen molar-refractivity contribution in [1.29, 1.82) is 0 Å². The number of para-hydroxylation sites is 2. The van der Waals surface area contributed by atoms with Crippen LogP contribution in [0.2, 0.25) is 0 Å². The Kier molecular flexibility index (Phi) is 6.76. The molecule has 2 aliphatic carbocycles. The van der Waals surface area contributed by atoms with Gasteiger partial charge in [-0.2, -0.15) is 0 Å². The monoisotopic (exact) mass is 789 g/mol. The minimum absolute atomic E-state index is 0.479. The van der Waals surface area contributed by atoms with Crippen molar-refractivity contribution in [2.75, 3.05) is 4.90 Å². The molecule has 2 aromatic heterocycles. The Labute approximate surface area is 357 Å². The van der Waals surface area contributed by atoms with E-state index in [0.717, 1.165) is 72.1 Å². The van der Waals surface area contributed by atoms with Crippen molar-refractivity contribution in [3.8, 4) is 33.4 Å². The standard InChI is InChI=1S/C59H35NO2/c1-2-16-40(17-3-1)60(41-28-29-45-44-20-8-12-24-50(44)59(51(45)35-41)48-22-10-6-18-42(48)43-19-7-11-23-49(43)59)52-34-39(38-27-26-36-14-4-5-15-37(36)32-38)33-47-57-55(62-58(47)52)31-30-54-56(57)46-21-9-13-25-53(46)61-54/h1-35H. The lowest BCUT2D eigenvalue weighted by Gasteiger charge is -2.32. The number of nitrogens with zero attached hydrogens (tertiary/aromatic N) is 1. The Morgan fingerprint density at radius 3 is 1.68 bits per heavy atom. The summed E-state index contributed by atoms with van der Waals surface area (Å²) in [6, 6.07) is 77.3. The predicted molar refractivity (Wildman–Crippen MR) is 255 cm³/mol. The molecule has 1 spiro atoms. The third kappa shape index (κ3) is 4.44. The summed E-state index contributed by atoms with van der Waals surface area (Å²) in [5.41, 5.74) is 18.6. The van der Waals surface area contributed by atoms with E-state index >= 15 is 0 Å².